The number of aliphatic hydroxyl groups is 1. The first-order chi connectivity index (χ1) is 50.9. The minimum Gasteiger partial charge on any atom is -0.462 e. The lowest BCUT2D eigenvalue weighted by Gasteiger charge is -2.21. The van der Waals surface area contributed by atoms with Gasteiger partial charge in [-0.15, -0.1) is 0 Å². The third-order valence-corrected chi connectivity index (χ3v) is 22.1. The van der Waals surface area contributed by atoms with Crippen molar-refractivity contribution in [2.75, 3.05) is 39.6 Å². The van der Waals surface area contributed by atoms with E-state index in [-0.39, 0.29) is 25.7 Å². The molecular formula is C86H168O17P2. The third kappa shape index (κ3) is 79.9. The highest BCUT2D eigenvalue weighted by Crippen LogP contribution is 2.45. The molecule has 17 nitrogen and oxygen atoms in total. The predicted molar refractivity (Wildman–Crippen MR) is 432 cm³/mol. The number of esters is 4. The van der Waals surface area contributed by atoms with Crippen molar-refractivity contribution in [2.45, 2.75) is 477 Å². The molecule has 0 aliphatic carbocycles. The minimum absolute atomic E-state index is 0.107. The Hall–Kier alpha value is -1.94. The lowest BCUT2D eigenvalue weighted by molar-refractivity contribution is -0.161. The SMILES string of the molecule is CCCCCCCCCCCCCCCCCCCCCCC(=O)O[C@H](COC(=O)CCCCCCCCCCCCCCCCCC(C)C)COP(=O)(O)OC[C@@H](O)COP(=O)(O)OC[C@@H](COC(=O)CCCCCCCCCCCCCCC)OC(=O)CCCCCCCCCCCCCC(C)C. The number of hydrogen-bond donors (Lipinski definition) is 3. The monoisotopic (exact) mass is 1540 g/mol. The van der Waals surface area contributed by atoms with E-state index in [0.717, 1.165) is 102 Å². The van der Waals surface area contributed by atoms with Crippen molar-refractivity contribution in [1.82, 2.24) is 0 Å². The van der Waals surface area contributed by atoms with Gasteiger partial charge in [0.25, 0.3) is 0 Å². The van der Waals surface area contributed by atoms with Gasteiger partial charge in [-0.05, 0) is 37.5 Å². The molecule has 0 aliphatic rings. The van der Waals surface area contributed by atoms with Crippen molar-refractivity contribution in [3.63, 3.8) is 0 Å². The molecule has 0 amide bonds. The molecule has 0 spiro atoms. The van der Waals surface area contributed by atoms with E-state index in [1.807, 2.05) is 0 Å². The highest BCUT2D eigenvalue weighted by molar-refractivity contribution is 7.47. The fourth-order valence-corrected chi connectivity index (χ4v) is 15.0. The Kier molecular flexibility index (Phi) is 76.0. The topological polar surface area (TPSA) is 237 Å². The van der Waals surface area contributed by atoms with Gasteiger partial charge in [-0.1, -0.05) is 408 Å². The summed E-state index contributed by atoms with van der Waals surface area (Å²) in [6, 6.07) is 0. The molecule has 0 aromatic heterocycles. The van der Waals surface area contributed by atoms with Gasteiger partial charge < -0.3 is 33.8 Å². The Morgan fingerprint density at radius 3 is 0.648 bits per heavy atom. The molecular weight excluding hydrogens is 1370 g/mol. The molecule has 0 fully saturated rings. The maximum atomic E-state index is 13.2. The Labute approximate surface area is 645 Å². The molecule has 0 aromatic carbocycles. The number of ether oxygens (including phenoxy) is 4. The standard InChI is InChI=1S/C86H168O17P2/c1-7-9-11-13-15-17-19-21-22-23-24-25-26-29-34-40-46-52-58-64-70-85(90)102-81(74-97-84(89)69-63-57-51-45-39-33-30-27-28-32-36-42-48-54-60-66-78(3)4)76-100-104(92,93)98-72-80(87)73-99-105(94,95)101-77-82(75-96-83(88)68-62-56-50-44-38-31-20-18-16-14-12-10-8-2)103-86(91)71-65-59-53-47-41-35-37-43-49-55-61-67-79(5)6/h78-82,87H,7-77H2,1-6H3,(H,92,93)(H,94,95)/t80-,81-,82-/m1/s1. The molecule has 2 unspecified atom stereocenters. The first-order valence-corrected chi connectivity index (χ1v) is 47.5. The van der Waals surface area contributed by atoms with Gasteiger partial charge in [0, 0.05) is 25.7 Å². The van der Waals surface area contributed by atoms with Crippen LogP contribution in [-0.4, -0.2) is 96.7 Å². The number of phosphoric acid groups is 2. The van der Waals surface area contributed by atoms with Gasteiger partial charge in [0.1, 0.15) is 19.3 Å². The van der Waals surface area contributed by atoms with Crippen LogP contribution in [0.15, 0.2) is 0 Å². The van der Waals surface area contributed by atoms with E-state index < -0.39 is 97.5 Å². The molecule has 5 atom stereocenters. The van der Waals surface area contributed by atoms with Crippen LogP contribution >= 0.6 is 15.6 Å². The third-order valence-electron chi connectivity index (χ3n) is 20.2. The maximum absolute atomic E-state index is 13.2. The van der Waals surface area contributed by atoms with E-state index in [1.165, 1.54) is 276 Å². The van der Waals surface area contributed by atoms with Gasteiger partial charge in [0.15, 0.2) is 12.2 Å². The van der Waals surface area contributed by atoms with Crippen LogP contribution in [0.25, 0.3) is 0 Å². The zero-order valence-corrected chi connectivity index (χ0v) is 70.8. The van der Waals surface area contributed by atoms with Crippen molar-refractivity contribution in [3.8, 4) is 0 Å². The van der Waals surface area contributed by atoms with Crippen LogP contribution in [0.5, 0.6) is 0 Å². The van der Waals surface area contributed by atoms with E-state index in [1.54, 1.807) is 0 Å². The number of carbonyl (C=O) groups is 4. The fraction of sp³-hybridized carbons (Fsp3) is 0.953. The minimum atomic E-state index is -4.97. The highest BCUT2D eigenvalue weighted by Gasteiger charge is 2.30. The molecule has 0 rings (SSSR count). The number of phosphoric ester groups is 2. The largest absolute Gasteiger partial charge is 0.472 e. The number of rotatable bonds is 85. The zero-order valence-electron chi connectivity index (χ0n) is 69.0. The average Bonchev–Trinajstić information content (AvgIpc) is 0.937. The summed E-state index contributed by atoms with van der Waals surface area (Å²) in [7, 11) is -9.93. The molecule has 0 saturated heterocycles. The second kappa shape index (κ2) is 77.4. The van der Waals surface area contributed by atoms with Crippen molar-refractivity contribution >= 4 is 39.5 Å². The lowest BCUT2D eigenvalue weighted by atomic mass is 10.0. The zero-order chi connectivity index (χ0) is 77.1. The summed E-state index contributed by atoms with van der Waals surface area (Å²) >= 11 is 0. The van der Waals surface area contributed by atoms with Crippen molar-refractivity contribution in [2.24, 2.45) is 11.8 Å². The van der Waals surface area contributed by atoms with Gasteiger partial charge in [-0.2, -0.15) is 0 Å². The van der Waals surface area contributed by atoms with Crippen LogP contribution < -0.4 is 0 Å². The summed E-state index contributed by atoms with van der Waals surface area (Å²) in [6.45, 7) is 9.70. The second-order valence-electron chi connectivity index (χ2n) is 31.9. The summed E-state index contributed by atoms with van der Waals surface area (Å²) in [4.78, 5) is 73.3. The molecule has 0 aromatic rings. The predicted octanol–water partition coefficient (Wildman–Crippen LogP) is 26.2. The van der Waals surface area contributed by atoms with Crippen molar-refractivity contribution in [3.05, 3.63) is 0 Å². The van der Waals surface area contributed by atoms with Crippen LogP contribution in [0.1, 0.15) is 459 Å². The summed E-state index contributed by atoms with van der Waals surface area (Å²) in [5.74, 6) is -0.529. The van der Waals surface area contributed by atoms with Gasteiger partial charge in [0.2, 0.25) is 0 Å². The molecule has 0 bridgehead atoms. The number of carbonyl (C=O) groups excluding carboxylic acids is 4. The van der Waals surface area contributed by atoms with Gasteiger partial charge in [-0.25, -0.2) is 9.13 Å². The highest BCUT2D eigenvalue weighted by atomic mass is 31.2. The first kappa shape index (κ1) is 103. The number of hydrogen-bond acceptors (Lipinski definition) is 15. The number of unbranched alkanes of at least 4 members (excludes halogenated alkanes) is 55. The summed E-state index contributed by atoms with van der Waals surface area (Å²) < 4.78 is 68.9. The van der Waals surface area contributed by atoms with E-state index >= 15 is 0 Å². The molecule has 0 aliphatic heterocycles. The van der Waals surface area contributed by atoms with E-state index in [9.17, 15) is 43.2 Å². The maximum Gasteiger partial charge on any atom is 0.472 e. The molecule has 105 heavy (non-hydrogen) atoms. The van der Waals surface area contributed by atoms with Crippen molar-refractivity contribution in [1.29, 1.82) is 0 Å². The molecule has 3 N–H and O–H groups in total. The normalized spacial score (nSPS) is 13.8. The molecule has 19 heteroatoms. The van der Waals surface area contributed by atoms with Crippen LogP contribution in [0.4, 0.5) is 0 Å². The molecule has 0 heterocycles. The van der Waals surface area contributed by atoms with Gasteiger partial charge >= 0.3 is 39.5 Å². The smallest absolute Gasteiger partial charge is 0.462 e. The Morgan fingerprint density at radius 2 is 0.438 bits per heavy atom. The summed E-state index contributed by atoms with van der Waals surface area (Å²) in [5.41, 5.74) is 0. The molecule has 0 saturated carbocycles. The summed E-state index contributed by atoms with van der Waals surface area (Å²) in [5, 5.41) is 10.7. The fourth-order valence-electron chi connectivity index (χ4n) is 13.4. The number of aliphatic hydroxyl groups excluding tert-OH is 1. The van der Waals surface area contributed by atoms with Crippen LogP contribution in [-0.2, 0) is 65.4 Å². The van der Waals surface area contributed by atoms with E-state index in [0.29, 0.717) is 25.7 Å². The Balaban J connectivity index is 5.25. The first-order valence-electron chi connectivity index (χ1n) is 44.5. The lowest BCUT2D eigenvalue weighted by Crippen LogP contribution is -2.30. The van der Waals surface area contributed by atoms with Crippen LogP contribution in [0.3, 0.4) is 0 Å². The van der Waals surface area contributed by atoms with Crippen LogP contribution in [0.2, 0.25) is 0 Å². The van der Waals surface area contributed by atoms with Crippen molar-refractivity contribution < 1.29 is 80.2 Å². The van der Waals surface area contributed by atoms with Gasteiger partial charge in [-0.3, -0.25) is 37.3 Å². The quantitative estimate of drug-likeness (QED) is 0.0222. The van der Waals surface area contributed by atoms with Crippen LogP contribution in [0, 0.1) is 11.8 Å². The summed E-state index contributed by atoms with van der Waals surface area (Å²) in [6.07, 6.45) is 69.3. The second-order valence-corrected chi connectivity index (χ2v) is 34.8. The van der Waals surface area contributed by atoms with E-state index in [2.05, 4.69) is 41.5 Å². The molecule has 0 radical (unpaired) electrons. The Morgan fingerprint density at radius 1 is 0.257 bits per heavy atom. The Bertz CT molecular complexity index is 2010. The average molecular weight is 1540 g/mol. The molecule has 624 valence electrons. The van der Waals surface area contributed by atoms with E-state index in [4.69, 9.17) is 37.0 Å². The van der Waals surface area contributed by atoms with Gasteiger partial charge in [0.05, 0.1) is 26.4 Å².